The smallest absolute Gasteiger partial charge is 0.238 e. The van der Waals surface area contributed by atoms with Crippen LogP contribution in [-0.2, 0) is 10.2 Å². The minimum atomic E-state index is -0.00837. The van der Waals surface area contributed by atoms with Gasteiger partial charge >= 0.3 is 0 Å². The summed E-state index contributed by atoms with van der Waals surface area (Å²) in [5.41, 5.74) is 2.85. The number of hydrogen-bond acceptors (Lipinski definition) is 3. The predicted octanol–water partition coefficient (Wildman–Crippen LogP) is 3.01. The second-order valence-electron chi connectivity index (χ2n) is 6.35. The van der Waals surface area contributed by atoms with Gasteiger partial charge in [0.2, 0.25) is 5.91 Å². The fraction of sp³-hybridized carbons (Fsp3) is 0.588. The van der Waals surface area contributed by atoms with E-state index in [2.05, 4.69) is 41.8 Å². The van der Waals surface area contributed by atoms with Gasteiger partial charge in [0.15, 0.2) is 0 Å². The Hall–Kier alpha value is -0.710. The van der Waals surface area contributed by atoms with Crippen molar-refractivity contribution < 1.29 is 4.79 Å². The van der Waals surface area contributed by atoms with Crippen LogP contribution in [-0.4, -0.2) is 30.1 Å². The Morgan fingerprint density at radius 2 is 2.18 bits per heavy atom. The average Bonchev–Trinajstić information content (AvgIpc) is 3.17. The monoisotopic (exact) mass is 340 g/mol. The van der Waals surface area contributed by atoms with Crippen LogP contribution in [0, 0.1) is 6.92 Å². The fourth-order valence-electron chi connectivity index (χ4n) is 3.54. The Labute approximate surface area is 143 Å². The number of thioether (sulfide) groups is 1. The topological polar surface area (TPSA) is 41.1 Å². The van der Waals surface area contributed by atoms with Gasteiger partial charge in [0, 0.05) is 23.6 Å². The van der Waals surface area contributed by atoms with Crippen LogP contribution in [0.25, 0.3) is 0 Å². The van der Waals surface area contributed by atoms with Crippen molar-refractivity contribution in [2.24, 2.45) is 0 Å². The molecule has 1 amide bonds. The molecule has 0 aromatic heterocycles. The molecular weight excluding hydrogens is 316 g/mol. The highest BCUT2D eigenvalue weighted by molar-refractivity contribution is 7.99. The number of aryl methyl sites for hydroxylation is 1. The summed E-state index contributed by atoms with van der Waals surface area (Å²) in [6, 6.07) is 8.80. The molecule has 1 saturated heterocycles. The molecule has 122 valence electrons. The van der Waals surface area contributed by atoms with E-state index in [4.69, 9.17) is 0 Å². The zero-order valence-electron chi connectivity index (χ0n) is 13.1. The van der Waals surface area contributed by atoms with Gasteiger partial charge < -0.3 is 5.32 Å². The quantitative estimate of drug-likeness (QED) is 0.885. The normalized spacial score (nSPS) is 23.0. The third-order valence-corrected chi connectivity index (χ3v) is 5.76. The molecule has 1 aliphatic carbocycles. The van der Waals surface area contributed by atoms with Crippen molar-refractivity contribution in [1.82, 2.24) is 10.6 Å². The van der Waals surface area contributed by atoms with E-state index in [-0.39, 0.29) is 29.8 Å². The summed E-state index contributed by atoms with van der Waals surface area (Å²) in [7, 11) is 0. The van der Waals surface area contributed by atoms with Gasteiger partial charge in [0.05, 0.1) is 6.04 Å². The summed E-state index contributed by atoms with van der Waals surface area (Å²) in [4.78, 5) is 12.3. The van der Waals surface area contributed by atoms with Crippen LogP contribution in [0.4, 0.5) is 0 Å². The van der Waals surface area contributed by atoms with Gasteiger partial charge in [0.25, 0.3) is 0 Å². The molecule has 2 aliphatic rings. The standard InChI is InChI=1S/C17H24N2OS.ClH/c1-13-5-4-6-14(9-13)17(7-2-3-8-17)11-18-16(20)15-10-21-12-19-15;/h4-6,9,15,19H,2-3,7-8,10-12H2,1H3,(H,18,20);1H. The highest BCUT2D eigenvalue weighted by Gasteiger charge is 2.36. The van der Waals surface area contributed by atoms with Crippen molar-refractivity contribution in [3.05, 3.63) is 35.4 Å². The molecule has 0 bridgehead atoms. The van der Waals surface area contributed by atoms with E-state index >= 15 is 0 Å². The lowest BCUT2D eigenvalue weighted by molar-refractivity contribution is -0.122. The lowest BCUT2D eigenvalue weighted by Crippen LogP contribution is -2.47. The van der Waals surface area contributed by atoms with Crippen LogP contribution in [0.3, 0.4) is 0 Å². The molecule has 1 unspecified atom stereocenters. The number of halogens is 1. The van der Waals surface area contributed by atoms with Gasteiger partial charge in [-0.05, 0) is 25.3 Å². The molecule has 5 heteroatoms. The van der Waals surface area contributed by atoms with E-state index in [9.17, 15) is 4.79 Å². The molecule has 2 fully saturated rings. The highest BCUT2D eigenvalue weighted by Crippen LogP contribution is 2.40. The van der Waals surface area contributed by atoms with E-state index in [1.165, 1.54) is 36.8 Å². The van der Waals surface area contributed by atoms with E-state index in [1.54, 1.807) is 11.8 Å². The predicted molar refractivity (Wildman–Crippen MR) is 95.8 cm³/mol. The van der Waals surface area contributed by atoms with Crippen LogP contribution >= 0.6 is 24.2 Å². The molecule has 1 aromatic carbocycles. The lowest BCUT2D eigenvalue weighted by atomic mass is 9.78. The van der Waals surface area contributed by atoms with Crippen molar-refractivity contribution >= 4 is 30.1 Å². The second kappa shape index (κ2) is 7.71. The number of rotatable bonds is 4. The first kappa shape index (κ1) is 17.6. The summed E-state index contributed by atoms with van der Waals surface area (Å²) in [5.74, 6) is 1.95. The molecule has 1 aliphatic heterocycles. The molecule has 0 spiro atoms. The molecule has 3 rings (SSSR count). The molecule has 2 N–H and O–H groups in total. The minimum absolute atomic E-state index is 0. The Kier molecular flexibility index (Phi) is 6.18. The second-order valence-corrected chi connectivity index (χ2v) is 7.38. The third kappa shape index (κ3) is 3.79. The molecule has 3 nitrogen and oxygen atoms in total. The number of hydrogen-bond donors (Lipinski definition) is 2. The summed E-state index contributed by atoms with van der Waals surface area (Å²) in [6.45, 7) is 2.92. The van der Waals surface area contributed by atoms with Crippen molar-refractivity contribution in [3.8, 4) is 0 Å². The maximum atomic E-state index is 12.3. The van der Waals surface area contributed by atoms with Crippen molar-refractivity contribution in [2.75, 3.05) is 18.2 Å². The Balaban J connectivity index is 0.00000176. The number of amides is 1. The Morgan fingerprint density at radius 1 is 1.41 bits per heavy atom. The molecule has 22 heavy (non-hydrogen) atoms. The molecule has 1 atom stereocenters. The minimum Gasteiger partial charge on any atom is -0.354 e. The lowest BCUT2D eigenvalue weighted by Gasteiger charge is -2.31. The summed E-state index contributed by atoms with van der Waals surface area (Å²) in [5, 5.41) is 6.45. The first-order valence-corrected chi connectivity index (χ1v) is 9.01. The zero-order chi connectivity index (χ0) is 14.7. The van der Waals surface area contributed by atoms with Crippen molar-refractivity contribution in [2.45, 2.75) is 44.1 Å². The maximum absolute atomic E-state index is 12.3. The number of carbonyl (C=O) groups excluding carboxylic acids is 1. The van der Waals surface area contributed by atoms with Crippen molar-refractivity contribution in [3.63, 3.8) is 0 Å². The number of nitrogens with one attached hydrogen (secondary N) is 2. The highest BCUT2D eigenvalue weighted by atomic mass is 35.5. The van der Waals surface area contributed by atoms with Crippen LogP contribution in [0.2, 0.25) is 0 Å². The van der Waals surface area contributed by atoms with Gasteiger partial charge in [-0.1, -0.05) is 42.7 Å². The molecule has 0 radical (unpaired) electrons. The third-order valence-electron chi connectivity index (χ3n) is 4.82. The van der Waals surface area contributed by atoms with Crippen LogP contribution in [0.5, 0.6) is 0 Å². The van der Waals surface area contributed by atoms with Crippen molar-refractivity contribution in [1.29, 1.82) is 0 Å². The zero-order valence-corrected chi connectivity index (χ0v) is 14.7. The van der Waals surface area contributed by atoms with E-state index in [1.807, 2.05) is 0 Å². The summed E-state index contributed by atoms with van der Waals surface area (Å²) in [6.07, 6.45) is 4.90. The maximum Gasteiger partial charge on any atom is 0.238 e. The van der Waals surface area contributed by atoms with Gasteiger partial charge in [-0.25, -0.2) is 0 Å². The largest absolute Gasteiger partial charge is 0.354 e. The first-order chi connectivity index (χ1) is 10.2. The molecule has 1 heterocycles. The molecule has 1 aromatic rings. The molecule has 1 saturated carbocycles. The summed E-state index contributed by atoms with van der Waals surface area (Å²) < 4.78 is 0. The summed E-state index contributed by atoms with van der Waals surface area (Å²) >= 11 is 1.79. The molecular formula is C17H25ClN2OS. The SMILES string of the molecule is Cc1cccc(C2(CNC(=O)C3CSCN3)CCCC2)c1.Cl. The van der Waals surface area contributed by atoms with Crippen LogP contribution in [0.1, 0.15) is 36.8 Å². The number of benzene rings is 1. The van der Waals surface area contributed by atoms with Gasteiger partial charge in [-0.3, -0.25) is 10.1 Å². The van der Waals surface area contributed by atoms with Crippen LogP contribution in [0.15, 0.2) is 24.3 Å². The van der Waals surface area contributed by atoms with Gasteiger partial charge in [0.1, 0.15) is 0 Å². The number of carbonyl (C=O) groups is 1. The average molecular weight is 341 g/mol. The van der Waals surface area contributed by atoms with E-state index in [0.29, 0.717) is 0 Å². The van der Waals surface area contributed by atoms with E-state index in [0.717, 1.165) is 18.2 Å². The Morgan fingerprint density at radius 3 is 2.82 bits per heavy atom. The van der Waals surface area contributed by atoms with Gasteiger partial charge in [-0.2, -0.15) is 0 Å². The first-order valence-electron chi connectivity index (χ1n) is 7.86. The van der Waals surface area contributed by atoms with E-state index < -0.39 is 0 Å². The van der Waals surface area contributed by atoms with Gasteiger partial charge in [-0.15, -0.1) is 24.2 Å². The Bertz CT molecular complexity index is 511. The fourth-order valence-corrected chi connectivity index (χ4v) is 4.48. The van der Waals surface area contributed by atoms with Crippen LogP contribution < -0.4 is 10.6 Å².